The molecule has 0 radical (unpaired) electrons. The van der Waals surface area contributed by atoms with Crippen LogP contribution in [-0.4, -0.2) is 17.4 Å². The Balaban J connectivity index is 2.21. The molecule has 0 amide bonds. The number of hydrogen-bond acceptors (Lipinski definition) is 2. The molecule has 1 aromatic heterocycles. The number of carbonyl (C=O) groups is 1. The van der Waals surface area contributed by atoms with Crippen molar-refractivity contribution in [1.82, 2.24) is 4.98 Å². The van der Waals surface area contributed by atoms with E-state index in [0.717, 1.165) is 34.3 Å². The Bertz CT molecular complexity index is 569. The normalized spacial score (nSPS) is 14.4. The number of benzene rings is 1. The molecule has 1 aliphatic rings. The molecule has 0 saturated carbocycles. The van der Waals surface area contributed by atoms with Crippen molar-refractivity contribution in [2.75, 3.05) is 6.61 Å². The number of nitrogens with one attached hydrogen (secondary N) is 1. The van der Waals surface area contributed by atoms with E-state index in [0.29, 0.717) is 13.0 Å². The summed E-state index contributed by atoms with van der Waals surface area (Å²) in [5.74, 6) is 1.08. The van der Waals surface area contributed by atoms with Gasteiger partial charge in [-0.15, -0.1) is 0 Å². The van der Waals surface area contributed by atoms with Crippen LogP contribution in [0.2, 0.25) is 0 Å². The zero-order chi connectivity index (χ0) is 11.1. The second-order valence-corrected chi connectivity index (χ2v) is 4.04. The summed E-state index contributed by atoms with van der Waals surface area (Å²) in [6.07, 6.45) is 1.47. The van der Waals surface area contributed by atoms with Crippen LogP contribution in [0.15, 0.2) is 18.2 Å². The van der Waals surface area contributed by atoms with Crippen LogP contribution in [-0.2, 0) is 6.42 Å². The van der Waals surface area contributed by atoms with E-state index < -0.39 is 0 Å². The van der Waals surface area contributed by atoms with Gasteiger partial charge in [0.05, 0.1) is 6.61 Å². The fourth-order valence-electron chi connectivity index (χ4n) is 2.35. The third-order valence-corrected chi connectivity index (χ3v) is 3.04. The van der Waals surface area contributed by atoms with E-state index in [4.69, 9.17) is 4.74 Å². The average molecular weight is 215 g/mol. The van der Waals surface area contributed by atoms with Crippen molar-refractivity contribution in [2.24, 2.45) is 0 Å². The molecule has 1 aromatic carbocycles. The lowest BCUT2D eigenvalue weighted by Gasteiger charge is -2.02. The molecule has 1 heterocycles. The van der Waals surface area contributed by atoms with Gasteiger partial charge in [-0.25, -0.2) is 0 Å². The van der Waals surface area contributed by atoms with Gasteiger partial charge in [0.25, 0.3) is 0 Å². The fourth-order valence-corrected chi connectivity index (χ4v) is 2.35. The van der Waals surface area contributed by atoms with Crippen LogP contribution in [0.3, 0.4) is 0 Å². The number of carbonyl (C=O) groups excluding carboxylic acids is 1. The monoisotopic (exact) mass is 215 g/mol. The van der Waals surface area contributed by atoms with Crippen molar-refractivity contribution in [2.45, 2.75) is 19.8 Å². The van der Waals surface area contributed by atoms with E-state index in [-0.39, 0.29) is 5.78 Å². The van der Waals surface area contributed by atoms with Crippen LogP contribution < -0.4 is 4.74 Å². The molecular formula is C13H13NO2. The molecule has 0 atom stereocenters. The van der Waals surface area contributed by atoms with Gasteiger partial charge >= 0.3 is 0 Å². The van der Waals surface area contributed by atoms with E-state index >= 15 is 0 Å². The van der Waals surface area contributed by atoms with Crippen molar-refractivity contribution >= 4 is 16.7 Å². The molecule has 0 bridgehead atoms. The number of ketones is 1. The van der Waals surface area contributed by atoms with Crippen molar-refractivity contribution in [3.05, 3.63) is 29.5 Å². The summed E-state index contributed by atoms with van der Waals surface area (Å²) in [6.45, 7) is 2.60. The van der Waals surface area contributed by atoms with Crippen LogP contribution in [0, 0.1) is 0 Å². The molecule has 0 aliphatic heterocycles. The Labute approximate surface area is 93.4 Å². The van der Waals surface area contributed by atoms with E-state index in [2.05, 4.69) is 4.98 Å². The van der Waals surface area contributed by atoms with Gasteiger partial charge in [-0.1, -0.05) is 0 Å². The van der Waals surface area contributed by atoms with Crippen LogP contribution in [0.4, 0.5) is 0 Å². The zero-order valence-corrected chi connectivity index (χ0v) is 9.17. The Morgan fingerprint density at radius 1 is 1.38 bits per heavy atom. The number of rotatable bonds is 2. The number of aryl methyl sites for hydroxylation is 1. The fraction of sp³-hybridized carbons (Fsp3) is 0.308. The maximum atomic E-state index is 11.7. The second kappa shape index (κ2) is 3.37. The first-order valence-corrected chi connectivity index (χ1v) is 5.60. The lowest BCUT2D eigenvalue weighted by Crippen LogP contribution is -1.92. The van der Waals surface area contributed by atoms with Crippen molar-refractivity contribution in [3.63, 3.8) is 0 Å². The highest BCUT2D eigenvalue weighted by Gasteiger charge is 2.24. The molecule has 1 N–H and O–H groups in total. The first-order chi connectivity index (χ1) is 7.79. The topological polar surface area (TPSA) is 42.1 Å². The van der Waals surface area contributed by atoms with E-state index in [1.807, 2.05) is 25.1 Å². The van der Waals surface area contributed by atoms with Crippen LogP contribution in [0.1, 0.15) is 29.4 Å². The van der Waals surface area contributed by atoms with E-state index in [9.17, 15) is 4.79 Å². The van der Waals surface area contributed by atoms with Gasteiger partial charge < -0.3 is 9.72 Å². The Hall–Kier alpha value is -1.77. The summed E-state index contributed by atoms with van der Waals surface area (Å²) >= 11 is 0. The lowest BCUT2D eigenvalue weighted by molar-refractivity contribution is 0.0996. The van der Waals surface area contributed by atoms with Gasteiger partial charge in [-0.05, 0) is 31.5 Å². The first kappa shape index (κ1) is 9.46. The Kier molecular flexibility index (Phi) is 1.99. The molecule has 0 saturated heterocycles. The summed E-state index contributed by atoms with van der Waals surface area (Å²) in [4.78, 5) is 15.0. The van der Waals surface area contributed by atoms with Crippen LogP contribution >= 0.6 is 0 Å². The van der Waals surface area contributed by atoms with Crippen molar-refractivity contribution in [3.8, 4) is 5.75 Å². The minimum atomic E-state index is 0.245. The van der Waals surface area contributed by atoms with Gasteiger partial charge in [0.15, 0.2) is 5.78 Å². The summed E-state index contributed by atoms with van der Waals surface area (Å²) in [5.41, 5.74) is 2.98. The number of aromatic amines is 1. The summed E-state index contributed by atoms with van der Waals surface area (Å²) in [5, 5.41) is 1.00. The molecule has 0 fully saturated rings. The SMILES string of the molecule is CCOc1ccc2[nH]c3c(c2c1)C(=O)CC3. The molecule has 2 aromatic rings. The van der Waals surface area contributed by atoms with Crippen molar-refractivity contribution in [1.29, 1.82) is 0 Å². The molecule has 16 heavy (non-hydrogen) atoms. The molecule has 3 nitrogen and oxygen atoms in total. The highest BCUT2D eigenvalue weighted by molar-refractivity contribution is 6.11. The summed E-state index contributed by atoms with van der Waals surface area (Å²) in [6, 6.07) is 5.87. The molecule has 3 heteroatoms. The first-order valence-electron chi connectivity index (χ1n) is 5.60. The third-order valence-electron chi connectivity index (χ3n) is 3.04. The number of H-pyrrole nitrogens is 1. The third kappa shape index (κ3) is 1.24. The minimum absolute atomic E-state index is 0.245. The molecule has 0 unspecified atom stereocenters. The Morgan fingerprint density at radius 2 is 2.25 bits per heavy atom. The highest BCUT2D eigenvalue weighted by Crippen LogP contribution is 2.32. The number of Topliss-reactive ketones (excluding diaryl/α,β-unsaturated/α-hetero) is 1. The number of aromatic nitrogens is 1. The maximum Gasteiger partial charge on any atom is 0.165 e. The number of fused-ring (bicyclic) bond motifs is 3. The van der Waals surface area contributed by atoms with Gasteiger partial charge in [-0.2, -0.15) is 0 Å². The second-order valence-electron chi connectivity index (χ2n) is 4.04. The summed E-state index contributed by atoms with van der Waals surface area (Å²) in [7, 11) is 0. The smallest absolute Gasteiger partial charge is 0.165 e. The van der Waals surface area contributed by atoms with Gasteiger partial charge in [0.2, 0.25) is 0 Å². The molecule has 1 aliphatic carbocycles. The zero-order valence-electron chi connectivity index (χ0n) is 9.17. The van der Waals surface area contributed by atoms with E-state index in [1.165, 1.54) is 0 Å². The van der Waals surface area contributed by atoms with Gasteiger partial charge in [-0.3, -0.25) is 4.79 Å². The predicted molar refractivity (Wildman–Crippen MR) is 62.1 cm³/mol. The minimum Gasteiger partial charge on any atom is -0.494 e. The van der Waals surface area contributed by atoms with Crippen molar-refractivity contribution < 1.29 is 9.53 Å². The van der Waals surface area contributed by atoms with Gasteiger partial charge in [0.1, 0.15) is 5.75 Å². The van der Waals surface area contributed by atoms with Gasteiger partial charge in [0, 0.05) is 28.6 Å². The summed E-state index contributed by atoms with van der Waals surface area (Å²) < 4.78 is 5.45. The number of hydrogen-bond donors (Lipinski definition) is 1. The average Bonchev–Trinajstić information content (AvgIpc) is 2.80. The maximum absolute atomic E-state index is 11.7. The largest absolute Gasteiger partial charge is 0.494 e. The molecular weight excluding hydrogens is 202 g/mol. The molecule has 3 rings (SSSR count). The van der Waals surface area contributed by atoms with Crippen LogP contribution in [0.5, 0.6) is 5.75 Å². The number of ether oxygens (including phenoxy) is 1. The highest BCUT2D eigenvalue weighted by atomic mass is 16.5. The van der Waals surface area contributed by atoms with E-state index in [1.54, 1.807) is 0 Å². The Morgan fingerprint density at radius 3 is 3.06 bits per heavy atom. The molecule has 82 valence electrons. The standard InChI is InChI=1S/C13H13NO2/c1-2-16-8-3-4-10-9(7-8)13-11(14-10)5-6-12(13)15/h3-4,7,14H,2,5-6H2,1H3. The molecule has 0 spiro atoms. The predicted octanol–water partition coefficient (Wildman–Crippen LogP) is 2.70. The quantitative estimate of drug-likeness (QED) is 0.836. The lowest BCUT2D eigenvalue weighted by atomic mass is 10.1. The van der Waals surface area contributed by atoms with Crippen LogP contribution in [0.25, 0.3) is 10.9 Å².